The van der Waals surface area contributed by atoms with Crippen LogP contribution < -0.4 is 10.1 Å². The smallest absolute Gasteiger partial charge is 0.124 e. The molecular weight excluding hydrogens is 238 g/mol. The first kappa shape index (κ1) is 13.4. The number of benzene rings is 1. The van der Waals surface area contributed by atoms with Gasteiger partial charge in [0.25, 0.3) is 0 Å². The summed E-state index contributed by atoms with van der Waals surface area (Å²) in [5.41, 5.74) is 1.13. The summed E-state index contributed by atoms with van der Waals surface area (Å²) in [4.78, 5) is 0. The minimum absolute atomic E-state index is 0.522. The van der Waals surface area contributed by atoms with Crippen molar-refractivity contribution in [3.8, 4) is 5.75 Å². The molecule has 0 aliphatic rings. The highest BCUT2D eigenvalue weighted by molar-refractivity contribution is 5.33. The summed E-state index contributed by atoms with van der Waals surface area (Å²) in [6.45, 7) is 7.58. The zero-order chi connectivity index (χ0) is 13.5. The van der Waals surface area contributed by atoms with Crippen LogP contribution in [-0.4, -0.2) is 6.61 Å². The molecule has 1 aromatic carbocycles. The van der Waals surface area contributed by atoms with Gasteiger partial charge in [-0.15, -0.1) is 0 Å². The van der Waals surface area contributed by atoms with Crippen LogP contribution in [0.1, 0.15) is 17.1 Å². The van der Waals surface area contributed by atoms with Gasteiger partial charge in [-0.2, -0.15) is 0 Å². The van der Waals surface area contributed by atoms with Crippen LogP contribution in [0.15, 0.2) is 53.5 Å². The van der Waals surface area contributed by atoms with Crippen LogP contribution in [0.2, 0.25) is 0 Å². The monoisotopic (exact) mass is 257 g/mol. The van der Waals surface area contributed by atoms with Crippen molar-refractivity contribution < 1.29 is 9.15 Å². The highest BCUT2D eigenvalue weighted by Gasteiger charge is 2.03. The summed E-state index contributed by atoms with van der Waals surface area (Å²) in [7, 11) is 0. The molecule has 0 amide bonds. The zero-order valence-corrected chi connectivity index (χ0v) is 11.2. The number of furan rings is 1. The van der Waals surface area contributed by atoms with E-state index < -0.39 is 0 Å². The molecule has 3 heteroatoms. The van der Waals surface area contributed by atoms with E-state index in [0.717, 1.165) is 29.4 Å². The third-order valence-corrected chi connectivity index (χ3v) is 2.74. The number of hydrogen-bond acceptors (Lipinski definition) is 3. The van der Waals surface area contributed by atoms with Gasteiger partial charge in [0.15, 0.2) is 0 Å². The Bertz CT molecular complexity index is 531. The molecule has 1 aromatic heterocycles. The molecule has 0 fully saturated rings. The molecule has 2 aromatic rings. The van der Waals surface area contributed by atoms with Crippen molar-refractivity contribution in [2.75, 3.05) is 6.61 Å². The van der Waals surface area contributed by atoms with E-state index >= 15 is 0 Å². The Morgan fingerprint density at radius 1 is 1.21 bits per heavy atom. The van der Waals surface area contributed by atoms with Gasteiger partial charge in [-0.05, 0) is 25.1 Å². The van der Waals surface area contributed by atoms with Crippen LogP contribution in [0.3, 0.4) is 0 Å². The summed E-state index contributed by atoms with van der Waals surface area (Å²) < 4.78 is 11.1. The predicted molar refractivity (Wildman–Crippen MR) is 76.1 cm³/mol. The average molecular weight is 257 g/mol. The second-order valence-electron chi connectivity index (χ2n) is 4.32. The fourth-order valence-corrected chi connectivity index (χ4v) is 1.84. The molecule has 0 radical (unpaired) electrons. The third kappa shape index (κ3) is 4.00. The Labute approximate surface area is 113 Å². The third-order valence-electron chi connectivity index (χ3n) is 2.74. The lowest BCUT2D eigenvalue weighted by Gasteiger charge is -2.10. The minimum Gasteiger partial charge on any atom is -0.489 e. The Balaban J connectivity index is 1.89. The topological polar surface area (TPSA) is 34.4 Å². The molecule has 0 atom stereocenters. The second kappa shape index (κ2) is 6.81. The Hall–Kier alpha value is -2.00. The second-order valence-corrected chi connectivity index (χ2v) is 4.32. The van der Waals surface area contributed by atoms with E-state index in [4.69, 9.17) is 9.15 Å². The maximum absolute atomic E-state index is 5.61. The van der Waals surface area contributed by atoms with Crippen molar-refractivity contribution in [1.29, 1.82) is 0 Å². The first-order valence-corrected chi connectivity index (χ1v) is 6.37. The molecule has 19 heavy (non-hydrogen) atoms. The highest BCUT2D eigenvalue weighted by atomic mass is 16.5. The molecule has 0 saturated heterocycles. The van der Waals surface area contributed by atoms with Gasteiger partial charge in [0.2, 0.25) is 0 Å². The molecule has 1 heterocycles. The van der Waals surface area contributed by atoms with E-state index in [1.165, 1.54) is 0 Å². The Morgan fingerprint density at radius 2 is 2.05 bits per heavy atom. The number of nitrogens with one attached hydrogen (secondary N) is 1. The maximum Gasteiger partial charge on any atom is 0.124 e. The van der Waals surface area contributed by atoms with Crippen LogP contribution in [0, 0.1) is 6.92 Å². The van der Waals surface area contributed by atoms with Crippen LogP contribution in [-0.2, 0) is 13.1 Å². The van der Waals surface area contributed by atoms with Gasteiger partial charge in [0, 0.05) is 12.1 Å². The molecule has 0 unspecified atom stereocenters. The van der Waals surface area contributed by atoms with Crippen molar-refractivity contribution >= 4 is 0 Å². The molecule has 0 spiro atoms. The fraction of sp³-hybridized carbons (Fsp3) is 0.250. The molecule has 2 rings (SSSR count). The quantitative estimate of drug-likeness (QED) is 0.771. The predicted octanol–water partition coefficient (Wildman–Crippen LogP) is 3.44. The Morgan fingerprint density at radius 3 is 2.79 bits per heavy atom. The molecule has 0 aliphatic heterocycles. The van der Waals surface area contributed by atoms with Gasteiger partial charge in [-0.1, -0.05) is 30.9 Å². The number of rotatable bonds is 7. The summed E-state index contributed by atoms with van der Waals surface area (Å²) in [6.07, 6.45) is 1.75. The molecule has 0 bridgehead atoms. The van der Waals surface area contributed by atoms with Crippen molar-refractivity contribution in [1.82, 2.24) is 5.32 Å². The van der Waals surface area contributed by atoms with Crippen molar-refractivity contribution in [2.45, 2.75) is 20.0 Å². The van der Waals surface area contributed by atoms with Gasteiger partial charge in [0.05, 0.1) is 6.54 Å². The lowest BCUT2D eigenvalue weighted by Crippen LogP contribution is -2.13. The van der Waals surface area contributed by atoms with Crippen molar-refractivity contribution in [3.63, 3.8) is 0 Å². The number of ether oxygens (including phenoxy) is 1. The van der Waals surface area contributed by atoms with E-state index in [0.29, 0.717) is 13.2 Å². The summed E-state index contributed by atoms with van der Waals surface area (Å²) >= 11 is 0. The van der Waals surface area contributed by atoms with Gasteiger partial charge in [-0.3, -0.25) is 0 Å². The molecule has 3 nitrogen and oxygen atoms in total. The molecule has 0 saturated carbocycles. The number of aryl methyl sites for hydroxylation is 1. The van der Waals surface area contributed by atoms with Gasteiger partial charge in [0.1, 0.15) is 23.9 Å². The first-order valence-electron chi connectivity index (χ1n) is 6.37. The molecule has 1 N–H and O–H groups in total. The minimum atomic E-state index is 0.522. The Kier molecular flexibility index (Phi) is 4.81. The van der Waals surface area contributed by atoms with Gasteiger partial charge in [-0.25, -0.2) is 0 Å². The van der Waals surface area contributed by atoms with Gasteiger partial charge >= 0.3 is 0 Å². The lowest BCUT2D eigenvalue weighted by atomic mass is 10.2. The molecular formula is C16H19NO2. The summed E-state index contributed by atoms with van der Waals surface area (Å²) in [5.74, 6) is 2.78. The largest absolute Gasteiger partial charge is 0.489 e. The van der Waals surface area contributed by atoms with E-state index in [1.54, 1.807) is 6.08 Å². The summed E-state index contributed by atoms with van der Waals surface area (Å²) in [5, 5.41) is 3.35. The number of para-hydroxylation sites is 1. The zero-order valence-electron chi connectivity index (χ0n) is 11.2. The molecule has 100 valence electrons. The lowest BCUT2D eigenvalue weighted by molar-refractivity contribution is 0.357. The van der Waals surface area contributed by atoms with Crippen LogP contribution in [0.25, 0.3) is 0 Å². The normalized spacial score (nSPS) is 10.4. The van der Waals surface area contributed by atoms with Crippen LogP contribution in [0.5, 0.6) is 5.75 Å². The average Bonchev–Trinajstić information content (AvgIpc) is 2.83. The van der Waals surface area contributed by atoms with Crippen molar-refractivity contribution in [3.05, 3.63) is 66.1 Å². The van der Waals surface area contributed by atoms with Gasteiger partial charge < -0.3 is 14.5 Å². The van der Waals surface area contributed by atoms with E-state index in [2.05, 4.69) is 18.0 Å². The van der Waals surface area contributed by atoms with Crippen LogP contribution in [0.4, 0.5) is 0 Å². The van der Waals surface area contributed by atoms with E-state index in [-0.39, 0.29) is 0 Å². The maximum atomic E-state index is 5.61. The first-order chi connectivity index (χ1) is 9.29. The number of hydrogen-bond donors (Lipinski definition) is 1. The van der Waals surface area contributed by atoms with Crippen LogP contribution >= 0.6 is 0 Å². The molecule has 0 aliphatic carbocycles. The summed E-state index contributed by atoms with van der Waals surface area (Å²) in [6, 6.07) is 12.0. The fourth-order valence-electron chi connectivity index (χ4n) is 1.84. The highest BCUT2D eigenvalue weighted by Crippen LogP contribution is 2.18. The SMILES string of the molecule is C=CCOc1ccccc1CNCc1ccc(C)o1. The van der Waals surface area contributed by atoms with E-state index in [1.807, 2.05) is 37.3 Å². The van der Waals surface area contributed by atoms with E-state index in [9.17, 15) is 0 Å². The standard InChI is InChI=1S/C16H19NO2/c1-3-10-18-16-7-5-4-6-14(16)11-17-12-15-9-8-13(2)19-15/h3-9,17H,1,10-12H2,2H3. The van der Waals surface area contributed by atoms with Crippen molar-refractivity contribution in [2.24, 2.45) is 0 Å².